The maximum Gasteiger partial charge on any atom is 0.270 e. The van der Waals surface area contributed by atoms with Gasteiger partial charge in [-0.15, -0.1) is 0 Å². The molecule has 2 heterocycles. The molecule has 0 unspecified atom stereocenters. The van der Waals surface area contributed by atoms with Crippen LogP contribution in [-0.2, 0) is 11.2 Å². The Hall–Kier alpha value is -3.08. The van der Waals surface area contributed by atoms with Crippen LogP contribution < -0.4 is 10.1 Å². The number of piperazine rings is 1. The van der Waals surface area contributed by atoms with E-state index in [0.717, 1.165) is 6.42 Å². The van der Waals surface area contributed by atoms with Gasteiger partial charge < -0.3 is 15.0 Å². The lowest BCUT2D eigenvalue weighted by atomic mass is 9.90. The first-order chi connectivity index (χ1) is 12.7. The quantitative estimate of drug-likeness (QED) is 0.684. The molecule has 0 aromatic heterocycles. The van der Waals surface area contributed by atoms with Gasteiger partial charge in [0.2, 0.25) is 0 Å². The minimum atomic E-state index is -0.195. The molecule has 4 rings (SSSR count). The normalized spacial score (nSPS) is 20.2. The Morgan fingerprint density at radius 2 is 1.96 bits per heavy atom. The lowest BCUT2D eigenvalue weighted by Crippen LogP contribution is -2.51. The van der Waals surface area contributed by atoms with Gasteiger partial charge in [0.1, 0.15) is 11.4 Å². The van der Waals surface area contributed by atoms with Crippen molar-refractivity contribution < 1.29 is 14.3 Å². The number of ether oxygens (including phenoxy) is 1. The summed E-state index contributed by atoms with van der Waals surface area (Å²) in [5.41, 5.74) is 3.38. The molecule has 26 heavy (non-hydrogen) atoms. The van der Waals surface area contributed by atoms with E-state index < -0.39 is 0 Å². The fraction of sp³-hybridized carbons (Fsp3) is 0.238. The van der Waals surface area contributed by atoms with E-state index in [4.69, 9.17) is 4.74 Å². The third-order valence-electron chi connectivity index (χ3n) is 5.04. The summed E-state index contributed by atoms with van der Waals surface area (Å²) in [4.78, 5) is 27.2. The van der Waals surface area contributed by atoms with Crippen molar-refractivity contribution in [3.8, 4) is 5.75 Å². The van der Waals surface area contributed by atoms with E-state index in [1.807, 2.05) is 17.0 Å². The van der Waals surface area contributed by atoms with Crippen LogP contribution in [0.15, 0.2) is 60.3 Å². The topological polar surface area (TPSA) is 58.6 Å². The predicted molar refractivity (Wildman–Crippen MR) is 98.0 cm³/mol. The summed E-state index contributed by atoms with van der Waals surface area (Å²) in [5.74, 6) is 0.382. The largest absolute Gasteiger partial charge is 0.497 e. The van der Waals surface area contributed by atoms with E-state index in [9.17, 15) is 9.59 Å². The van der Waals surface area contributed by atoms with Gasteiger partial charge in [-0.3, -0.25) is 9.59 Å². The molecule has 132 valence electrons. The molecule has 2 aromatic rings. The second-order valence-electron chi connectivity index (χ2n) is 6.49. The van der Waals surface area contributed by atoms with Gasteiger partial charge in [0.25, 0.3) is 5.91 Å². The lowest BCUT2D eigenvalue weighted by molar-refractivity contribution is -0.132. The van der Waals surface area contributed by atoms with Gasteiger partial charge in [-0.05, 0) is 41.8 Å². The molecule has 2 aliphatic heterocycles. The van der Waals surface area contributed by atoms with Crippen LogP contribution in [0.5, 0.6) is 5.75 Å². The smallest absolute Gasteiger partial charge is 0.270 e. The fourth-order valence-corrected chi connectivity index (χ4v) is 3.63. The third kappa shape index (κ3) is 2.86. The number of nitrogens with one attached hydrogen (secondary N) is 1. The summed E-state index contributed by atoms with van der Waals surface area (Å²) in [5, 5.41) is 3.16. The zero-order valence-electron chi connectivity index (χ0n) is 14.6. The molecule has 2 aromatic carbocycles. The number of amides is 1. The van der Waals surface area contributed by atoms with Gasteiger partial charge in [0.15, 0.2) is 5.78 Å². The van der Waals surface area contributed by atoms with E-state index in [1.165, 1.54) is 17.2 Å². The van der Waals surface area contributed by atoms with E-state index in [-0.39, 0.29) is 17.7 Å². The second-order valence-corrected chi connectivity index (χ2v) is 6.49. The van der Waals surface area contributed by atoms with Gasteiger partial charge in [0, 0.05) is 24.7 Å². The molecule has 0 spiro atoms. The van der Waals surface area contributed by atoms with Crippen LogP contribution in [0.3, 0.4) is 0 Å². The molecule has 1 N–H and O–H groups in total. The van der Waals surface area contributed by atoms with Gasteiger partial charge in [-0.1, -0.05) is 24.3 Å². The highest BCUT2D eigenvalue weighted by atomic mass is 16.5. The Kier molecular flexibility index (Phi) is 4.21. The summed E-state index contributed by atoms with van der Waals surface area (Å²) in [6.45, 7) is 1.29. The van der Waals surface area contributed by atoms with E-state index >= 15 is 0 Å². The number of hydrogen-bond acceptors (Lipinski definition) is 4. The first-order valence-electron chi connectivity index (χ1n) is 8.70. The molecule has 0 radical (unpaired) electrons. The van der Waals surface area contributed by atoms with Crippen LogP contribution in [0.1, 0.15) is 27.5 Å². The molecule has 1 atom stereocenters. The van der Waals surface area contributed by atoms with Gasteiger partial charge in [0.05, 0.1) is 13.2 Å². The number of rotatable bonds is 3. The maximum absolute atomic E-state index is 12.9. The Morgan fingerprint density at radius 3 is 2.73 bits per heavy atom. The highest BCUT2D eigenvalue weighted by molar-refractivity contribution is 6.09. The summed E-state index contributed by atoms with van der Waals surface area (Å²) >= 11 is 0. The highest BCUT2D eigenvalue weighted by Gasteiger charge is 2.36. The second kappa shape index (κ2) is 6.67. The van der Waals surface area contributed by atoms with Crippen molar-refractivity contribution in [2.45, 2.75) is 12.5 Å². The molecule has 0 bridgehead atoms. The van der Waals surface area contributed by atoms with Gasteiger partial charge in [-0.2, -0.15) is 0 Å². The molecule has 1 amide bonds. The van der Waals surface area contributed by atoms with Crippen molar-refractivity contribution in [3.05, 3.63) is 77.0 Å². The zero-order valence-corrected chi connectivity index (χ0v) is 14.6. The molecule has 5 nitrogen and oxygen atoms in total. The summed E-state index contributed by atoms with van der Waals surface area (Å²) in [6, 6.07) is 15.1. The predicted octanol–water partition coefficient (Wildman–Crippen LogP) is 2.49. The summed E-state index contributed by atoms with van der Waals surface area (Å²) < 4.78 is 5.10. The molecule has 5 heteroatoms. The number of carbonyl (C=O) groups is 2. The number of methoxy groups -OCH3 is 1. The first kappa shape index (κ1) is 16.4. The van der Waals surface area contributed by atoms with Crippen LogP contribution in [0.4, 0.5) is 0 Å². The van der Waals surface area contributed by atoms with Crippen LogP contribution in [0.2, 0.25) is 0 Å². The Bertz CT molecular complexity index is 886. The Labute approximate surface area is 152 Å². The van der Waals surface area contributed by atoms with Crippen LogP contribution >= 0.6 is 0 Å². The number of nitrogens with zero attached hydrogens (tertiary/aromatic N) is 1. The monoisotopic (exact) mass is 348 g/mol. The van der Waals surface area contributed by atoms with Crippen LogP contribution in [0.25, 0.3) is 0 Å². The van der Waals surface area contributed by atoms with Crippen LogP contribution in [0, 0.1) is 0 Å². The Balaban J connectivity index is 1.55. The van der Waals surface area contributed by atoms with Gasteiger partial charge >= 0.3 is 0 Å². The number of hydrogen-bond donors (Lipinski definition) is 1. The fourth-order valence-electron chi connectivity index (χ4n) is 3.63. The van der Waals surface area contributed by atoms with Crippen molar-refractivity contribution in [2.75, 3.05) is 20.2 Å². The summed E-state index contributed by atoms with van der Waals surface area (Å²) in [7, 11) is 1.58. The number of fused-ring (bicyclic) bond motifs is 3. The van der Waals surface area contributed by atoms with Crippen molar-refractivity contribution in [2.24, 2.45) is 0 Å². The molecule has 1 fully saturated rings. The minimum absolute atomic E-state index is 0.0284. The summed E-state index contributed by atoms with van der Waals surface area (Å²) in [6.07, 6.45) is 2.25. The maximum atomic E-state index is 12.9. The van der Waals surface area contributed by atoms with E-state index in [2.05, 4.69) is 17.4 Å². The van der Waals surface area contributed by atoms with Crippen LogP contribution in [-0.4, -0.2) is 36.8 Å². The molecular formula is C21H20N2O3. The Morgan fingerprint density at radius 1 is 1.19 bits per heavy atom. The van der Waals surface area contributed by atoms with Gasteiger partial charge in [-0.25, -0.2) is 0 Å². The van der Waals surface area contributed by atoms with Crippen molar-refractivity contribution >= 4 is 11.7 Å². The van der Waals surface area contributed by atoms with Crippen molar-refractivity contribution in [1.29, 1.82) is 0 Å². The standard InChI is InChI=1S/C21H20N2O3/c1-26-16-8-6-15(7-9-16)20(24)12-18-21(25)23-11-10-14-4-2-3-5-17(14)19(23)13-22-18/h2-9,12,19,22H,10-11,13H2,1H3/b18-12+/t19-/m1/s1. The molecular weight excluding hydrogens is 328 g/mol. The van der Waals surface area contributed by atoms with Crippen molar-refractivity contribution in [3.63, 3.8) is 0 Å². The molecule has 0 aliphatic carbocycles. The van der Waals surface area contributed by atoms with E-state index in [1.54, 1.807) is 31.4 Å². The SMILES string of the molecule is COc1ccc(C(=O)/C=C2/NC[C@@H]3c4ccccc4CCN3C2=O)cc1. The molecule has 2 aliphatic rings. The van der Waals surface area contributed by atoms with Crippen molar-refractivity contribution in [1.82, 2.24) is 10.2 Å². The lowest BCUT2D eigenvalue weighted by Gasteiger charge is -2.41. The number of carbonyl (C=O) groups excluding carboxylic acids is 2. The minimum Gasteiger partial charge on any atom is -0.497 e. The number of benzene rings is 2. The highest BCUT2D eigenvalue weighted by Crippen LogP contribution is 2.32. The zero-order chi connectivity index (χ0) is 18.1. The average molecular weight is 348 g/mol. The number of allylic oxidation sites excluding steroid dienone is 1. The first-order valence-corrected chi connectivity index (χ1v) is 8.70. The average Bonchev–Trinajstić information content (AvgIpc) is 2.69. The molecule has 1 saturated heterocycles. The third-order valence-corrected chi connectivity index (χ3v) is 5.04. The molecule has 0 saturated carbocycles. The number of ketones is 1. The van der Waals surface area contributed by atoms with E-state index in [0.29, 0.717) is 30.1 Å².